The van der Waals surface area contributed by atoms with Gasteiger partial charge in [-0.2, -0.15) is 0 Å². The lowest BCUT2D eigenvalue weighted by Gasteiger charge is -2.13. The standard InChI is InChI=1S/C12H14N6OS/c1-17(5-8-6-18(2)16-15-8)7-10-13-9-3-4-20-11(9)12(19)14-10/h3-4,6H,5,7H2,1-2H3,(H,13,14,19). The summed E-state index contributed by atoms with van der Waals surface area (Å²) < 4.78 is 2.34. The van der Waals surface area contributed by atoms with Crippen molar-refractivity contribution in [2.75, 3.05) is 7.05 Å². The topological polar surface area (TPSA) is 79.7 Å². The summed E-state index contributed by atoms with van der Waals surface area (Å²) in [5.74, 6) is 0.660. The minimum absolute atomic E-state index is 0.0760. The zero-order chi connectivity index (χ0) is 14.1. The lowest BCUT2D eigenvalue weighted by molar-refractivity contribution is 0.307. The Morgan fingerprint density at radius 1 is 1.45 bits per heavy atom. The molecule has 7 nitrogen and oxygen atoms in total. The maximum atomic E-state index is 11.9. The number of nitrogens with zero attached hydrogens (tertiary/aromatic N) is 5. The van der Waals surface area contributed by atoms with Gasteiger partial charge in [0.15, 0.2) is 0 Å². The number of nitrogens with one attached hydrogen (secondary N) is 1. The third kappa shape index (κ3) is 2.61. The molecule has 1 N–H and O–H groups in total. The zero-order valence-electron chi connectivity index (χ0n) is 11.2. The number of hydrogen-bond acceptors (Lipinski definition) is 6. The highest BCUT2D eigenvalue weighted by molar-refractivity contribution is 7.17. The second-order valence-corrected chi connectivity index (χ2v) is 5.62. The van der Waals surface area contributed by atoms with E-state index in [0.717, 1.165) is 11.2 Å². The van der Waals surface area contributed by atoms with Crippen LogP contribution >= 0.6 is 11.3 Å². The van der Waals surface area contributed by atoms with Crippen LogP contribution in [0, 0.1) is 0 Å². The summed E-state index contributed by atoms with van der Waals surface area (Å²) in [4.78, 5) is 21.2. The van der Waals surface area contributed by atoms with Crippen LogP contribution in [0.5, 0.6) is 0 Å². The molecule has 3 aromatic heterocycles. The highest BCUT2D eigenvalue weighted by Gasteiger charge is 2.09. The quantitative estimate of drug-likeness (QED) is 0.767. The molecule has 3 heterocycles. The van der Waals surface area contributed by atoms with Gasteiger partial charge in [-0.15, -0.1) is 16.4 Å². The molecule has 0 aliphatic carbocycles. The molecule has 104 valence electrons. The van der Waals surface area contributed by atoms with Gasteiger partial charge in [0.05, 0.1) is 17.8 Å². The minimum Gasteiger partial charge on any atom is -0.308 e. The van der Waals surface area contributed by atoms with Gasteiger partial charge in [-0.25, -0.2) is 4.98 Å². The average molecular weight is 290 g/mol. The van der Waals surface area contributed by atoms with Crippen LogP contribution in [-0.2, 0) is 20.1 Å². The first-order valence-corrected chi connectivity index (χ1v) is 7.00. The smallest absolute Gasteiger partial charge is 0.268 e. The first kappa shape index (κ1) is 12.9. The van der Waals surface area contributed by atoms with Crippen LogP contribution in [-0.4, -0.2) is 36.9 Å². The SMILES string of the molecule is CN(Cc1cn(C)nn1)Cc1nc2ccsc2c(=O)[nH]1. The highest BCUT2D eigenvalue weighted by Crippen LogP contribution is 2.14. The van der Waals surface area contributed by atoms with Crippen LogP contribution in [0.4, 0.5) is 0 Å². The summed E-state index contributed by atoms with van der Waals surface area (Å²) in [7, 11) is 3.78. The van der Waals surface area contributed by atoms with Crippen molar-refractivity contribution < 1.29 is 0 Å². The molecule has 0 atom stereocenters. The maximum absolute atomic E-state index is 11.9. The van der Waals surface area contributed by atoms with E-state index in [0.29, 0.717) is 23.6 Å². The van der Waals surface area contributed by atoms with E-state index in [1.165, 1.54) is 11.3 Å². The monoisotopic (exact) mass is 290 g/mol. The third-order valence-electron chi connectivity index (χ3n) is 2.87. The number of aryl methyl sites for hydroxylation is 1. The molecule has 0 spiro atoms. The molecule has 0 saturated heterocycles. The fourth-order valence-corrected chi connectivity index (χ4v) is 2.78. The van der Waals surface area contributed by atoms with Crippen LogP contribution in [0.1, 0.15) is 11.5 Å². The molecule has 0 unspecified atom stereocenters. The minimum atomic E-state index is -0.0760. The number of aromatic amines is 1. The molecule has 0 amide bonds. The molecule has 0 aromatic carbocycles. The first-order valence-electron chi connectivity index (χ1n) is 6.12. The largest absolute Gasteiger partial charge is 0.308 e. The number of H-pyrrole nitrogens is 1. The molecule has 3 rings (SSSR count). The van der Waals surface area contributed by atoms with Crippen LogP contribution in [0.3, 0.4) is 0 Å². The third-order valence-corrected chi connectivity index (χ3v) is 3.77. The summed E-state index contributed by atoms with van der Waals surface area (Å²) >= 11 is 1.41. The lowest BCUT2D eigenvalue weighted by Crippen LogP contribution is -2.21. The Balaban J connectivity index is 1.76. The molecule has 3 aromatic rings. The normalized spacial score (nSPS) is 11.6. The number of thiophene rings is 1. The van der Waals surface area contributed by atoms with E-state index in [9.17, 15) is 4.79 Å². The van der Waals surface area contributed by atoms with E-state index >= 15 is 0 Å². The fraction of sp³-hybridized carbons (Fsp3) is 0.333. The van der Waals surface area contributed by atoms with E-state index in [2.05, 4.69) is 20.3 Å². The molecule has 20 heavy (non-hydrogen) atoms. The molecule has 0 saturated carbocycles. The van der Waals surface area contributed by atoms with Crippen molar-refractivity contribution in [3.8, 4) is 0 Å². The van der Waals surface area contributed by atoms with Crippen LogP contribution in [0.2, 0.25) is 0 Å². The average Bonchev–Trinajstić information content (AvgIpc) is 2.98. The van der Waals surface area contributed by atoms with Gasteiger partial charge in [0, 0.05) is 19.8 Å². The van der Waals surface area contributed by atoms with Crippen molar-refractivity contribution in [1.29, 1.82) is 0 Å². The Hall–Kier alpha value is -2.06. The summed E-state index contributed by atoms with van der Waals surface area (Å²) in [5, 5.41) is 9.80. The molecule has 0 fully saturated rings. The predicted octanol–water partition coefficient (Wildman–Crippen LogP) is 0.745. The Bertz CT molecular complexity index is 788. The fourth-order valence-electron chi connectivity index (χ4n) is 2.05. The predicted molar refractivity (Wildman–Crippen MR) is 76.4 cm³/mol. The second-order valence-electron chi connectivity index (χ2n) is 4.70. The van der Waals surface area contributed by atoms with Gasteiger partial charge in [0.2, 0.25) is 0 Å². The van der Waals surface area contributed by atoms with Gasteiger partial charge in [0.1, 0.15) is 10.5 Å². The second kappa shape index (κ2) is 5.14. The van der Waals surface area contributed by atoms with E-state index in [4.69, 9.17) is 0 Å². The maximum Gasteiger partial charge on any atom is 0.268 e. The number of fused-ring (bicyclic) bond motifs is 1. The highest BCUT2D eigenvalue weighted by atomic mass is 32.1. The number of aromatic nitrogens is 5. The van der Waals surface area contributed by atoms with Gasteiger partial charge in [-0.05, 0) is 18.5 Å². The van der Waals surface area contributed by atoms with Gasteiger partial charge in [0.25, 0.3) is 5.56 Å². The first-order chi connectivity index (χ1) is 9.61. The zero-order valence-corrected chi connectivity index (χ0v) is 12.0. The Morgan fingerprint density at radius 2 is 2.30 bits per heavy atom. The Kier molecular flexibility index (Phi) is 3.33. The van der Waals surface area contributed by atoms with Crippen molar-refractivity contribution in [2.45, 2.75) is 13.1 Å². The summed E-state index contributed by atoms with van der Waals surface area (Å²) in [5.41, 5.74) is 1.56. The van der Waals surface area contributed by atoms with Crippen molar-refractivity contribution in [2.24, 2.45) is 7.05 Å². The van der Waals surface area contributed by atoms with Crippen LogP contribution in [0.25, 0.3) is 10.2 Å². The molecule has 8 heteroatoms. The van der Waals surface area contributed by atoms with Crippen molar-refractivity contribution in [1.82, 2.24) is 29.9 Å². The van der Waals surface area contributed by atoms with E-state index in [1.54, 1.807) is 4.68 Å². The van der Waals surface area contributed by atoms with Crippen LogP contribution < -0.4 is 5.56 Å². The van der Waals surface area contributed by atoms with E-state index in [-0.39, 0.29) is 5.56 Å². The van der Waals surface area contributed by atoms with Gasteiger partial charge < -0.3 is 4.98 Å². The number of rotatable bonds is 4. The Morgan fingerprint density at radius 3 is 3.05 bits per heavy atom. The van der Waals surface area contributed by atoms with Gasteiger partial charge in [-0.1, -0.05) is 5.21 Å². The lowest BCUT2D eigenvalue weighted by atomic mass is 10.4. The Labute approximate surface area is 118 Å². The molecule has 0 aliphatic rings. The number of hydrogen-bond donors (Lipinski definition) is 1. The summed E-state index contributed by atoms with van der Waals surface area (Å²) in [6.45, 7) is 1.21. The van der Waals surface area contributed by atoms with Crippen LogP contribution in [0.15, 0.2) is 22.4 Å². The summed E-state index contributed by atoms with van der Waals surface area (Å²) in [6.07, 6.45) is 1.87. The molecule has 0 bridgehead atoms. The summed E-state index contributed by atoms with van der Waals surface area (Å²) in [6, 6.07) is 1.86. The van der Waals surface area contributed by atoms with Crippen molar-refractivity contribution in [3.05, 3.63) is 39.5 Å². The van der Waals surface area contributed by atoms with Gasteiger partial charge in [-0.3, -0.25) is 14.4 Å². The molecule has 0 radical (unpaired) electrons. The van der Waals surface area contributed by atoms with Crippen molar-refractivity contribution in [3.63, 3.8) is 0 Å². The molecular formula is C12H14N6OS. The van der Waals surface area contributed by atoms with E-state index < -0.39 is 0 Å². The molecular weight excluding hydrogens is 276 g/mol. The van der Waals surface area contributed by atoms with E-state index in [1.807, 2.05) is 36.6 Å². The molecule has 0 aliphatic heterocycles. The van der Waals surface area contributed by atoms with Gasteiger partial charge >= 0.3 is 0 Å². The van der Waals surface area contributed by atoms with Crippen molar-refractivity contribution >= 4 is 21.6 Å².